The van der Waals surface area contributed by atoms with E-state index in [1.165, 1.54) is 0 Å². The number of nitrogens with one attached hydrogen (secondary N) is 3. The summed E-state index contributed by atoms with van der Waals surface area (Å²) < 4.78 is 1.82. The lowest BCUT2D eigenvalue weighted by molar-refractivity contribution is -0.121. The van der Waals surface area contributed by atoms with E-state index in [0.29, 0.717) is 31.3 Å². The minimum atomic E-state index is -0.0284. The van der Waals surface area contributed by atoms with Gasteiger partial charge in [-0.05, 0) is 48.9 Å². The third-order valence-corrected chi connectivity index (χ3v) is 3.58. The van der Waals surface area contributed by atoms with Gasteiger partial charge < -0.3 is 20.5 Å². The molecular weight excluding hydrogens is 330 g/mol. The molecule has 0 fully saturated rings. The van der Waals surface area contributed by atoms with Crippen molar-refractivity contribution < 1.29 is 4.79 Å². The molecular formula is C18H21N7O. The summed E-state index contributed by atoms with van der Waals surface area (Å²) in [5, 5.41) is 17.3. The number of aryl methyl sites for hydroxylation is 1. The maximum atomic E-state index is 11.8. The van der Waals surface area contributed by atoms with Crippen molar-refractivity contribution >= 4 is 23.4 Å². The number of rotatable bonds is 8. The zero-order valence-electron chi connectivity index (χ0n) is 14.5. The highest BCUT2D eigenvalue weighted by atomic mass is 16.1. The van der Waals surface area contributed by atoms with Crippen molar-refractivity contribution in [3.8, 4) is 0 Å². The Balaban J connectivity index is 1.39. The average Bonchev–Trinajstić information content (AvgIpc) is 3.13. The zero-order chi connectivity index (χ0) is 18.2. The van der Waals surface area contributed by atoms with Crippen molar-refractivity contribution in [1.29, 1.82) is 0 Å². The number of anilines is 3. The standard InChI is InChI=1S/C18H21N7O/c1-14-6-7-19-17(12-14)22-16-5-4-15(23-24-16)20-8-9-21-18(26)13-25-10-2-3-11-25/h2-7,10-12H,8-9,13H2,1H3,(H,20,23)(H,21,26)(H,19,22,24). The number of carbonyl (C=O) groups excluding carboxylic acids is 1. The second kappa shape index (κ2) is 8.61. The average molecular weight is 351 g/mol. The van der Waals surface area contributed by atoms with Crippen LogP contribution in [-0.2, 0) is 11.3 Å². The van der Waals surface area contributed by atoms with Gasteiger partial charge in [-0.1, -0.05) is 0 Å². The molecule has 0 spiro atoms. The highest BCUT2D eigenvalue weighted by Crippen LogP contribution is 2.13. The summed E-state index contributed by atoms with van der Waals surface area (Å²) in [6, 6.07) is 11.3. The van der Waals surface area contributed by atoms with Gasteiger partial charge in [-0.3, -0.25) is 4.79 Å². The number of hydrogen-bond donors (Lipinski definition) is 3. The molecule has 3 aromatic heterocycles. The van der Waals surface area contributed by atoms with Gasteiger partial charge >= 0.3 is 0 Å². The summed E-state index contributed by atoms with van der Waals surface area (Å²) in [6.45, 7) is 3.40. The molecule has 0 aliphatic heterocycles. The molecule has 8 heteroatoms. The van der Waals surface area contributed by atoms with Gasteiger partial charge in [0.05, 0.1) is 0 Å². The van der Waals surface area contributed by atoms with Crippen molar-refractivity contribution in [2.75, 3.05) is 23.7 Å². The predicted molar refractivity (Wildman–Crippen MR) is 100 cm³/mol. The van der Waals surface area contributed by atoms with Gasteiger partial charge in [0.15, 0.2) is 5.82 Å². The monoisotopic (exact) mass is 351 g/mol. The normalized spacial score (nSPS) is 10.3. The van der Waals surface area contributed by atoms with E-state index in [2.05, 4.69) is 31.1 Å². The lowest BCUT2D eigenvalue weighted by Crippen LogP contribution is -2.31. The Morgan fingerprint density at radius 3 is 2.54 bits per heavy atom. The first-order valence-corrected chi connectivity index (χ1v) is 8.34. The van der Waals surface area contributed by atoms with Gasteiger partial charge in [-0.25, -0.2) is 4.98 Å². The predicted octanol–water partition coefficient (Wildman–Crippen LogP) is 1.95. The number of carbonyl (C=O) groups is 1. The van der Waals surface area contributed by atoms with Crippen LogP contribution in [0, 0.1) is 6.92 Å². The summed E-state index contributed by atoms with van der Waals surface area (Å²) in [5.74, 6) is 1.96. The van der Waals surface area contributed by atoms with Crippen LogP contribution in [0.25, 0.3) is 0 Å². The van der Waals surface area contributed by atoms with Crippen LogP contribution in [0.2, 0.25) is 0 Å². The second-order valence-electron chi connectivity index (χ2n) is 5.78. The van der Waals surface area contributed by atoms with E-state index in [1.54, 1.807) is 6.20 Å². The van der Waals surface area contributed by atoms with Crippen LogP contribution >= 0.6 is 0 Å². The topological polar surface area (TPSA) is 96.8 Å². The first kappa shape index (κ1) is 17.4. The van der Waals surface area contributed by atoms with Gasteiger partial charge in [-0.15, -0.1) is 10.2 Å². The lowest BCUT2D eigenvalue weighted by Gasteiger charge is -2.08. The highest BCUT2D eigenvalue weighted by molar-refractivity contribution is 5.75. The Hall–Kier alpha value is -3.42. The maximum absolute atomic E-state index is 11.8. The van der Waals surface area contributed by atoms with Crippen molar-refractivity contribution in [1.82, 2.24) is 25.1 Å². The number of amides is 1. The Morgan fingerprint density at radius 2 is 1.81 bits per heavy atom. The molecule has 134 valence electrons. The summed E-state index contributed by atoms with van der Waals surface area (Å²) in [5.41, 5.74) is 1.12. The molecule has 3 N–H and O–H groups in total. The van der Waals surface area contributed by atoms with Crippen molar-refractivity contribution in [3.05, 3.63) is 60.6 Å². The van der Waals surface area contributed by atoms with Crippen LogP contribution in [0.3, 0.4) is 0 Å². The molecule has 3 rings (SSSR count). The van der Waals surface area contributed by atoms with Gasteiger partial charge in [0.2, 0.25) is 5.91 Å². The van der Waals surface area contributed by atoms with Crippen molar-refractivity contribution in [2.45, 2.75) is 13.5 Å². The Labute approximate surface area is 151 Å². The number of hydrogen-bond acceptors (Lipinski definition) is 6. The van der Waals surface area contributed by atoms with Crippen molar-refractivity contribution in [3.63, 3.8) is 0 Å². The van der Waals surface area contributed by atoms with Crippen molar-refractivity contribution in [2.24, 2.45) is 0 Å². The van der Waals surface area contributed by atoms with Gasteiger partial charge in [0.25, 0.3) is 0 Å². The quantitative estimate of drug-likeness (QED) is 0.537. The minimum Gasteiger partial charge on any atom is -0.367 e. The van der Waals surface area contributed by atoms with Gasteiger partial charge in [-0.2, -0.15) is 0 Å². The fraction of sp³-hybridized carbons (Fsp3) is 0.222. The van der Waals surface area contributed by atoms with E-state index in [-0.39, 0.29) is 5.91 Å². The first-order chi connectivity index (χ1) is 12.7. The number of nitrogens with zero attached hydrogens (tertiary/aromatic N) is 4. The third kappa shape index (κ3) is 5.30. The maximum Gasteiger partial charge on any atom is 0.239 e. The molecule has 3 heterocycles. The SMILES string of the molecule is Cc1ccnc(Nc2ccc(NCCNC(=O)Cn3cccc3)nn2)c1. The number of pyridine rings is 1. The van der Waals surface area contributed by atoms with Crippen LogP contribution in [-0.4, -0.2) is 38.7 Å². The molecule has 1 amide bonds. The molecule has 3 aromatic rings. The fourth-order valence-corrected chi connectivity index (χ4v) is 2.32. The minimum absolute atomic E-state index is 0.0284. The second-order valence-corrected chi connectivity index (χ2v) is 5.78. The molecule has 0 saturated carbocycles. The highest BCUT2D eigenvalue weighted by Gasteiger charge is 2.02. The molecule has 0 atom stereocenters. The van der Waals surface area contributed by atoms with Crippen LogP contribution in [0.15, 0.2) is 55.0 Å². The summed E-state index contributed by atoms with van der Waals surface area (Å²) in [4.78, 5) is 16.0. The molecule has 0 aromatic carbocycles. The van der Waals surface area contributed by atoms with Crippen LogP contribution in [0.1, 0.15) is 5.56 Å². The van der Waals surface area contributed by atoms with E-state index in [0.717, 1.165) is 11.4 Å². The molecule has 0 radical (unpaired) electrons. The zero-order valence-corrected chi connectivity index (χ0v) is 14.5. The Kier molecular flexibility index (Phi) is 5.76. The number of aromatic nitrogens is 4. The van der Waals surface area contributed by atoms with E-state index >= 15 is 0 Å². The fourth-order valence-electron chi connectivity index (χ4n) is 2.32. The Morgan fingerprint density at radius 1 is 1.04 bits per heavy atom. The van der Waals surface area contributed by atoms with E-state index in [4.69, 9.17) is 0 Å². The smallest absolute Gasteiger partial charge is 0.239 e. The largest absolute Gasteiger partial charge is 0.367 e. The van der Waals surface area contributed by atoms with E-state index < -0.39 is 0 Å². The molecule has 26 heavy (non-hydrogen) atoms. The van der Waals surface area contributed by atoms with E-state index in [1.807, 2.05) is 60.3 Å². The van der Waals surface area contributed by atoms with E-state index in [9.17, 15) is 4.79 Å². The lowest BCUT2D eigenvalue weighted by atomic mass is 10.3. The van der Waals surface area contributed by atoms with Crippen LogP contribution in [0.5, 0.6) is 0 Å². The molecule has 8 nitrogen and oxygen atoms in total. The molecule has 0 unspecified atom stereocenters. The van der Waals surface area contributed by atoms with Crippen LogP contribution in [0.4, 0.5) is 17.5 Å². The van der Waals surface area contributed by atoms with Gasteiger partial charge in [0.1, 0.15) is 18.2 Å². The molecule has 0 bridgehead atoms. The third-order valence-electron chi connectivity index (χ3n) is 3.58. The Bertz CT molecular complexity index is 831. The summed E-state index contributed by atoms with van der Waals surface area (Å²) in [7, 11) is 0. The molecule has 0 saturated heterocycles. The first-order valence-electron chi connectivity index (χ1n) is 8.34. The van der Waals surface area contributed by atoms with Crippen LogP contribution < -0.4 is 16.0 Å². The summed E-state index contributed by atoms with van der Waals surface area (Å²) >= 11 is 0. The summed E-state index contributed by atoms with van der Waals surface area (Å²) in [6.07, 6.45) is 5.45. The molecule has 0 aliphatic rings. The van der Waals surface area contributed by atoms with Gasteiger partial charge in [0, 0.05) is 31.7 Å². The molecule has 0 aliphatic carbocycles.